The molecule has 0 radical (unpaired) electrons. The molecule has 102 valence electrons. The summed E-state index contributed by atoms with van der Waals surface area (Å²) in [5.74, 6) is 1.03. The van der Waals surface area contributed by atoms with E-state index in [4.69, 9.17) is 0 Å². The molecular weight excluding hydrogens is 230 g/mol. The number of likely N-dealkylation sites (N-methyl/N-ethyl adjacent to an activating group) is 1. The molecule has 5 nitrogen and oxygen atoms in total. The van der Waals surface area contributed by atoms with Crippen LogP contribution < -0.4 is 10.6 Å². The van der Waals surface area contributed by atoms with Gasteiger partial charge < -0.3 is 15.5 Å². The van der Waals surface area contributed by atoms with E-state index in [9.17, 15) is 9.59 Å². The summed E-state index contributed by atoms with van der Waals surface area (Å²) >= 11 is 0. The number of rotatable bonds is 3. The van der Waals surface area contributed by atoms with Crippen LogP contribution in [0.4, 0.5) is 0 Å². The van der Waals surface area contributed by atoms with Crippen LogP contribution in [0.2, 0.25) is 0 Å². The maximum Gasteiger partial charge on any atom is 0.244 e. The zero-order valence-corrected chi connectivity index (χ0v) is 11.4. The Kier molecular flexibility index (Phi) is 3.90. The zero-order valence-electron chi connectivity index (χ0n) is 11.4. The minimum absolute atomic E-state index is 0.0212. The molecule has 18 heavy (non-hydrogen) atoms. The molecule has 2 rings (SSSR count). The summed E-state index contributed by atoms with van der Waals surface area (Å²) in [5.41, 5.74) is 0. The minimum atomic E-state index is -0.449. The van der Waals surface area contributed by atoms with Crippen molar-refractivity contribution in [3.05, 3.63) is 0 Å². The standard InChI is InChI=1S/C13H23N3O2/c1-8(13(18)16(2)3)15-12(17)11-10-6-4-5-9(10)7-14-11/h8-11,14H,4-7H2,1-3H3,(H,15,17). The Labute approximate surface area is 108 Å². The molecule has 0 aromatic heterocycles. The third-order valence-corrected chi connectivity index (χ3v) is 4.20. The number of carbonyl (C=O) groups excluding carboxylic acids is 2. The average molecular weight is 253 g/mol. The molecule has 2 N–H and O–H groups in total. The molecule has 0 bridgehead atoms. The Balaban J connectivity index is 1.90. The highest BCUT2D eigenvalue weighted by atomic mass is 16.2. The molecule has 0 aromatic rings. The highest BCUT2D eigenvalue weighted by Gasteiger charge is 2.42. The monoisotopic (exact) mass is 253 g/mol. The van der Waals surface area contributed by atoms with E-state index in [2.05, 4.69) is 10.6 Å². The van der Waals surface area contributed by atoms with E-state index in [0.29, 0.717) is 11.8 Å². The van der Waals surface area contributed by atoms with E-state index in [1.54, 1.807) is 21.0 Å². The fourth-order valence-corrected chi connectivity index (χ4v) is 3.23. The van der Waals surface area contributed by atoms with Gasteiger partial charge >= 0.3 is 0 Å². The van der Waals surface area contributed by atoms with E-state index >= 15 is 0 Å². The molecule has 0 aromatic carbocycles. The molecule has 1 heterocycles. The summed E-state index contributed by atoms with van der Waals surface area (Å²) in [6.07, 6.45) is 3.59. The maximum absolute atomic E-state index is 12.2. The second-order valence-electron chi connectivity index (χ2n) is 5.70. The molecule has 4 atom stereocenters. The molecule has 1 aliphatic carbocycles. The average Bonchev–Trinajstić information content (AvgIpc) is 2.88. The van der Waals surface area contributed by atoms with Gasteiger partial charge in [-0.05, 0) is 38.1 Å². The van der Waals surface area contributed by atoms with Gasteiger partial charge in [0.15, 0.2) is 0 Å². The summed E-state index contributed by atoms with van der Waals surface area (Å²) in [7, 11) is 3.40. The van der Waals surface area contributed by atoms with Gasteiger partial charge in [0.25, 0.3) is 0 Å². The summed E-state index contributed by atoms with van der Waals surface area (Å²) in [6.45, 7) is 2.68. The second-order valence-corrected chi connectivity index (χ2v) is 5.70. The summed E-state index contributed by atoms with van der Waals surface area (Å²) < 4.78 is 0. The molecular formula is C13H23N3O2. The molecule has 1 saturated heterocycles. The lowest BCUT2D eigenvalue weighted by Gasteiger charge is -2.22. The zero-order chi connectivity index (χ0) is 13.3. The van der Waals surface area contributed by atoms with E-state index in [1.165, 1.54) is 17.7 Å². The van der Waals surface area contributed by atoms with Crippen molar-refractivity contribution in [3.63, 3.8) is 0 Å². The molecule has 1 aliphatic heterocycles. The smallest absolute Gasteiger partial charge is 0.244 e. The van der Waals surface area contributed by atoms with E-state index in [1.807, 2.05) is 0 Å². The highest BCUT2D eigenvalue weighted by molar-refractivity contribution is 5.89. The fraction of sp³-hybridized carbons (Fsp3) is 0.846. The Hall–Kier alpha value is -1.10. The number of carbonyl (C=O) groups is 2. The highest BCUT2D eigenvalue weighted by Crippen LogP contribution is 2.37. The third kappa shape index (κ3) is 2.51. The molecule has 2 fully saturated rings. The fourth-order valence-electron chi connectivity index (χ4n) is 3.23. The van der Waals surface area contributed by atoms with E-state index < -0.39 is 6.04 Å². The van der Waals surface area contributed by atoms with Gasteiger partial charge in [-0.2, -0.15) is 0 Å². The molecule has 4 unspecified atom stereocenters. The first-order valence-corrected chi connectivity index (χ1v) is 6.75. The van der Waals surface area contributed by atoms with Crippen LogP contribution >= 0.6 is 0 Å². The Bertz CT molecular complexity index is 343. The van der Waals surface area contributed by atoms with Crippen molar-refractivity contribution in [2.24, 2.45) is 11.8 Å². The van der Waals surface area contributed by atoms with Crippen molar-refractivity contribution in [3.8, 4) is 0 Å². The van der Waals surface area contributed by atoms with Crippen LogP contribution in [0, 0.1) is 11.8 Å². The normalized spacial score (nSPS) is 31.8. The number of fused-ring (bicyclic) bond motifs is 1. The van der Waals surface area contributed by atoms with Gasteiger partial charge in [-0.1, -0.05) is 6.42 Å². The first kappa shape index (κ1) is 13.3. The second kappa shape index (κ2) is 5.26. The first-order chi connectivity index (χ1) is 8.50. The SMILES string of the molecule is CC(NC(=O)C1NCC2CCCC21)C(=O)N(C)C. The predicted molar refractivity (Wildman–Crippen MR) is 68.9 cm³/mol. The van der Waals surface area contributed by atoms with Crippen LogP contribution in [-0.2, 0) is 9.59 Å². The number of amides is 2. The first-order valence-electron chi connectivity index (χ1n) is 6.75. The van der Waals surface area contributed by atoms with Gasteiger partial charge in [-0.25, -0.2) is 0 Å². The van der Waals surface area contributed by atoms with Gasteiger partial charge in [-0.3, -0.25) is 9.59 Å². The number of nitrogens with one attached hydrogen (secondary N) is 2. The van der Waals surface area contributed by atoms with Crippen molar-refractivity contribution >= 4 is 11.8 Å². The number of nitrogens with zero attached hydrogens (tertiary/aromatic N) is 1. The van der Waals surface area contributed by atoms with Gasteiger partial charge in [0.2, 0.25) is 11.8 Å². The van der Waals surface area contributed by atoms with Crippen molar-refractivity contribution in [2.75, 3.05) is 20.6 Å². The largest absolute Gasteiger partial charge is 0.347 e. The van der Waals surface area contributed by atoms with Crippen molar-refractivity contribution < 1.29 is 9.59 Å². The van der Waals surface area contributed by atoms with Crippen LogP contribution in [0.1, 0.15) is 26.2 Å². The molecule has 2 aliphatic rings. The van der Waals surface area contributed by atoms with Gasteiger partial charge in [0, 0.05) is 14.1 Å². The van der Waals surface area contributed by atoms with E-state index in [0.717, 1.165) is 13.0 Å². The minimum Gasteiger partial charge on any atom is -0.347 e. The third-order valence-electron chi connectivity index (χ3n) is 4.20. The maximum atomic E-state index is 12.2. The van der Waals surface area contributed by atoms with Crippen LogP contribution in [0.3, 0.4) is 0 Å². The summed E-state index contributed by atoms with van der Waals surface area (Å²) in [4.78, 5) is 25.4. The quantitative estimate of drug-likeness (QED) is 0.742. The van der Waals surface area contributed by atoms with Gasteiger partial charge in [-0.15, -0.1) is 0 Å². The topological polar surface area (TPSA) is 61.4 Å². The predicted octanol–water partition coefficient (Wildman–Crippen LogP) is -0.0326. The van der Waals surface area contributed by atoms with Crippen molar-refractivity contribution in [1.82, 2.24) is 15.5 Å². The lowest BCUT2D eigenvalue weighted by atomic mass is 9.93. The Morgan fingerprint density at radius 3 is 2.72 bits per heavy atom. The number of hydrogen-bond acceptors (Lipinski definition) is 3. The summed E-state index contributed by atoms with van der Waals surface area (Å²) in [5, 5.41) is 6.12. The lowest BCUT2D eigenvalue weighted by molar-refractivity contribution is -0.134. The molecule has 1 saturated carbocycles. The van der Waals surface area contributed by atoms with E-state index in [-0.39, 0.29) is 17.9 Å². The van der Waals surface area contributed by atoms with Gasteiger partial charge in [0.05, 0.1) is 6.04 Å². The van der Waals surface area contributed by atoms with Crippen LogP contribution in [0.15, 0.2) is 0 Å². The number of hydrogen-bond donors (Lipinski definition) is 2. The van der Waals surface area contributed by atoms with Gasteiger partial charge in [0.1, 0.15) is 6.04 Å². The van der Waals surface area contributed by atoms with Crippen LogP contribution in [0.5, 0.6) is 0 Å². The molecule has 0 spiro atoms. The van der Waals surface area contributed by atoms with Crippen molar-refractivity contribution in [1.29, 1.82) is 0 Å². The van der Waals surface area contributed by atoms with Crippen molar-refractivity contribution in [2.45, 2.75) is 38.3 Å². The molecule has 5 heteroatoms. The van der Waals surface area contributed by atoms with Crippen LogP contribution in [-0.4, -0.2) is 49.4 Å². The molecule has 2 amide bonds. The summed E-state index contributed by atoms with van der Waals surface area (Å²) in [6, 6.07) is -0.551. The Morgan fingerprint density at radius 2 is 2.06 bits per heavy atom. The van der Waals surface area contributed by atoms with Crippen LogP contribution in [0.25, 0.3) is 0 Å². The Morgan fingerprint density at radius 1 is 1.33 bits per heavy atom. The lowest BCUT2D eigenvalue weighted by Crippen LogP contribution is -2.51.